The number of nitrogens with two attached hydrogens (primary N) is 1. The van der Waals surface area contributed by atoms with E-state index in [-0.39, 0.29) is 25.1 Å². The molecule has 1 aromatic carbocycles. The Balaban J connectivity index is 1.38. The second-order valence-electron chi connectivity index (χ2n) is 7.87. The maximum absolute atomic E-state index is 14.9. The number of ether oxygens (including phenoxy) is 3. The summed E-state index contributed by atoms with van der Waals surface area (Å²) in [6.07, 6.45) is 0.165. The van der Waals surface area contributed by atoms with E-state index < -0.39 is 23.8 Å². The minimum absolute atomic E-state index is 0.0812. The lowest BCUT2D eigenvalue weighted by Gasteiger charge is -2.39. The molecule has 1 aromatic rings. The second kappa shape index (κ2) is 8.37. The van der Waals surface area contributed by atoms with Crippen LogP contribution in [0.5, 0.6) is 0 Å². The largest absolute Gasteiger partial charge is 0.442 e. The maximum Gasteiger partial charge on any atom is 0.414 e. The normalized spacial score (nSPS) is 25.6. The van der Waals surface area contributed by atoms with E-state index in [0.717, 1.165) is 0 Å². The van der Waals surface area contributed by atoms with Crippen LogP contribution < -0.4 is 20.9 Å². The number of hydrogen-bond donors (Lipinski definition) is 2. The zero-order chi connectivity index (χ0) is 21.3. The van der Waals surface area contributed by atoms with Gasteiger partial charge >= 0.3 is 6.09 Å². The second-order valence-corrected chi connectivity index (χ2v) is 7.87. The SMILES string of the molecule is CC(=O)NC[C@H]1CN(c2ccc(N3CCC4(CC3)OCC(CN)O4)c(F)c2)C(=O)O1. The first kappa shape index (κ1) is 20.8. The van der Waals surface area contributed by atoms with Crippen LogP contribution in [0.4, 0.5) is 20.6 Å². The molecule has 30 heavy (non-hydrogen) atoms. The van der Waals surface area contributed by atoms with E-state index >= 15 is 0 Å². The molecule has 3 saturated heterocycles. The molecule has 3 fully saturated rings. The minimum atomic E-state index is -0.612. The van der Waals surface area contributed by atoms with E-state index in [1.54, 1.807) is 12.1 Å². The summed E-state index contributed by atoms with van der Waals surface area (Å²) in [6, 6.07) is 4.72. The number of hydrogen-bond acceptors (Lipinski definition) is 7. The molecule has 0 saturated carbocycles. The van der Waals surface area contributed by atoms with Crippen molar-refractivity contribution in [3.05, 3.63) is 24.0 Å². The van der Waals surface area contributed by atoms with Crippen molar-refractivity contribution < 1.29 is 28.2 Å². The monoisotopic (exact) mass is 422 g/mol. The number of carbonyl (C=O) groups is 2. The van der Waals surface area contributed by atoms with Crippen LogP contribution in [0.1, 0.15) is 19.8 Å². The summed E-state index contributed by atoms with van der Waals surface area (Å²) in [4.78, 5) is 26.5. The Kier molecular flexibility index (Phi) is 5.81. The summed E-state index contributed by atoms with van der Waals surface area (Å²) in [7, 11) is 0. The number of nitrogens with one attached hydrogen (secondary N) is 1. The van der Waals surface area contributed by atoms with Crippen molar-refractivity contribution in [3.8, 4) is 0 Å². The van der Waals surface area contributed by atoms with E-state index in [1.165, 1.54) is 17.9 Å². The predicted octanol–water partition coefficient (Wildman–Crippen LogP) is 0.958. The fraction of sp³-hybridized carbons (Fsp3) is 0.600. The molecule has 0 radical (unpaired) electrons. The van der Waals surface area contributed by atoms with Crippen molar-refractivity contribution in [1.82, 2.24) is 5.32 Å². The van der Waals surface area contributed by atoms with E-state index in [1.807, 2.05) is 4.90 Å². The van der Waals surface area contributed by atoms with Crippen LogP contribution in [-0.2, 0) is 19.0 Å². The summed E-state index contributed by atoms with van der Waals surface area (Å²) < 4.78 is 31.9. The number of rotatable bonds is 5. The van der Waals surface area contributed by atoms with Gasteiger partial charge in [-0.3, -0.25) is 9.69 Å². The summed E-state index contributed by atoms with van der Waals surface area (Å²) in [6.45, 7) is 3.98. The quantitative estimate of drug-likeness (QED) is 0.728. The number of piperidine rings is 1. The Labute approximate surface area is 174 Å². The molecule has 3 N–H and O–H groups in total. The van der Waals surface area contributed by atoms with E-state index in [9.17, 15) is 14.0 Å². The number of amides is 2. The van der Waals surface area contributed by atoms with Gasteiger partial charge in [0, 0.05) is 39.4 Å². The van der Waals surface area contributed by atoms with E-state index in [0.29, 0.717) is 50.5 Å². The smallest absolute Gasteiger partial charge is 0.414 e. The van der Waals surface area contributed by atoms with Crippen LogP contribution in [0.25, 0.3) is 0 Å². The fourth-order valence-electron chi connectivity index (χ4n) is 4.10. The first-order valence-electron chi connectivity index (χ1n) is 10.2. The molecule has 0 aliphatic carbocycles. The van der Waals surface area contributed by atoms with Crippen LogP contribution in [0.15, 0.2) is 18.2 Å². The Morgan fingerprint density at radius 1 is 1.33 bits per heavy atom. The zero-order valence-electron chi connectivity index (χ0n) is 16.9. The van der Waals surface area contributed by atoms with Gasteiger partial charge in [-0.1, -0.05) is 0 Å². The minimum Gasteiger partial charge on any atom is -0.442 e. The first-order valence-corrected chi connectivity index (χ1v) is 10.2. The van der Waals surface area contributed by atoms with Gasteiger partial charge in [-0.05, 0) is 18.2 Å². The van der Waals surface area contributed by atoms with Crippen LogP contribution in [-0.4, -0.2) is 69.3 Å². The predicted molar refractivity (Wildman–Crippen MR) is 107 cm³/mol. The van der Waals surface area contributed by atoms with Crippen LogP contribution in [0.3, 0.4) is 0 Å². The molecule has 1 spiro atoms. The van der Waals surface area contributed by atoms with Crippen LogP contribution in [0.2, 0.25) is 0 Å². The van der Waals surface area contributed by atoms with Crippen molar-refractivity contribution in [2.75, 3.05) is 49.1 Å². The van der Waals surface area contributed by atoms with Crippen molar-refractivity contribution in [3.63, 3.8) is 0 Å². The van der Waals surface area contributed by atoms with Gasteiger partial charge in [-0.25, -0.2) is 9.18 Å². The van der Waals surface area contributed by atoms with E-state index in [4.69, 9.17) is 19.9 Å². The average Bonchev–Trinajstić information content (AvgIpc) is 3.30. The van der Waals surface area contributed by atoms with Crippen molar-refractivity contribution in [2.45, 2.75) is 37.8 Å². The molecule has 9 nitrogen and oxygen atoms in total. The third kappa shape index (κ3) is 4.21. The Morgan fingerprint density at radius 2 is 2.10 bits per heavy atom. The standard InChI is InChI=1S/C20H27FN4O5/c1-13(26)23-10-16-11-25(19(27)29-16)14-2-3-18(17(21)8-14)24-6-4-20(5-7-24)28-12-15(9-22)30-20/h2-3,8,15-16H,4-7,9-12,22H2,1H3,(H,23,26)/t15?,16-/m0/s1. The maximum atomic E-state index is 14.9. The van der Waals surface area contributed by atoms with Gasteiger partial charge in [0.25, 0.3) is 0 Å². The highest BCUT2D eigenvalue weighted by Gasteiger charge is 2.43. The first-order chi connectivity index (χ1) is 14.4. The van der Waals surface area contributed by atoms with E-state index in [2.05, 4.69) is 5.32 Å². The van der Waals surface area contributed by atoms with Gasteiger partial charge < -0.3 is 30.2 Å². The molecule has 0 aromatic heterocycles. The number of carbonyl (C=O) groups excluding carboxylic acids is 2. The molecule has 3 aliphatic heterocycles. The van der Waals surface area contributed by atoms with Gasteiger partial charge in [0.1, 0.15) is 11.9 Å². The highest BCUT2D eigenvalue weighted by Crippen LogP contribution is 2.36. The molecule has 164 valence electrons. The molecule has 2 amide bonds. The number of halogens is 1. The summed E-state index contributed by atoms with van der Waals surface area (Å²) in [5.74, 6) is -1.22. The summed E-state index contributed by atoms with van der Waals surface area (Å²) >= 11 is 0. The topological polar surface area (TPSA) is 106 Å². The molecule has 3 aliphatic rings. The molecule has 4 rings (SSSR count). The number of benzene rings is 1. The van der Waals surface area contributed by atoms with Gasteiger partial charge in [-0.2, -0.15) is 0 Å². The average molecular weight is 422 g/mol. The van der Waals surface area contributed by atoms with Gasteiger partial charge in [0.15, 0.2) is 5.79 Å². The summed E-state index contributed by atoms with van der Waals surface area (Å²) in [5, 5.41) is 2.62. The van der Waals surface area contributed by atoms with Crippen molar-refractivity contribution in [1.29, 1.82) is 0 Å². The highest BCUT2D eigenvalue weighted by molar-refractivity contribution is 5.90. The number of anilines is 2. The van der Waals surface area contributed by atoms with Crippen molar-refractivity contribution >= 4 is 23.4 Å². The lowest BCUT2D eigenvalue weighted by Crippen LogP contribution is -2.46. The number of cyclic esters (lactones) is 1. The highest BCUT2D eigenvalue weighted by atomic mass is 19.1. The Hall–Kier alpha value is -2.43. The molecule has 0 bridgehead atoms. The lowest BCUT2D eigenvalue weighted by molar-refractivity contribution is -0.179. The van der Waals surface area contributed by atoms with Crippen molar-refractivity contribution in [2.24, 2.45) is 5.73 Å². The number of nitrogens with zero attached hydrogens (tertiary/aromatic N) is 2. The Morgan fingerprint density at radius 3 is 2.73 bits per heavy atom. The third-order valence-corrected chi connectivity index (χ3v) is 5.74. The molecule has 3 heterocycles. The fourth-order valence-corrected chi connectivity index (χ4v) is 4.10. The molecule has 10 heteroatoms. The van der Waals surface area contributed by atoms with Gasteiger partial charge in [0.2, 0.25) is 5.91 Å². The van der Waals surface area contributed by atoms with Gasteiger partial charge in [0.05, 0.1) is 37.2 Å². The van der Waals surface area contributed by atoms with Gasteiger partial charge in [-0.15, -0.1) is 0 Å². The van der Waals surface area contributed by atoms with Crippen LogP contribution >= 0.6 is 0 Å². The molecule has 2 atom stereocenters. The summed E-state index contributed by atoms with van der Waals surface area (Å²) in [5.41, 5.74) is 6.56. The molecular weight excluding hydrogens is 395 g/mol. The zero-order valence-corrected chi connectivity index (χ0v) is 16.9. The lowest BCUT2D eigenvalue weighted by atomic mass is 10.0. The third-order valence-electron chi connectivity index (χ3n) is 5.74. The Bertz CT molecular complexity index is 814. The van der Waals surface area contributed by atoms with Crippen LogP contribution in [0, 0.1) is 5.82 Å². The molecular formula is C20H27FN4O5. The molecule has 1 unspecified atom stereocenters.